The van der Waals surface area contributed by atoms with E-state index in [1.54, 1.807) is 0 Å². The van der Waals surface area contributed by atoms with Gasteiger partial charge in [-0.2, -0.15) is 0 Å². The van der Waals surface area contributed by atoms with Crippen LogP contribution in [0, 0.1) is 0 Å². The summed E-state index contributed by atoms with van der Waals surface area (Å²) in [5, 5.41) is 0. The highest BCUT2D eigenvalue weighted by Crippen LogP contribution is 2.38. The lowest BCUT2D eigenvalue weighted by atomic mass is 10.0. The minimum atomic E-state index is -2.95. The summed E-state index contributed by atoms with van der Waals surface area (Å²) in [6, 6.07) is 5.89. The fourth-order valence-corrected chi connectivity index (χ4v) is 6.04. The van der Waals surface area contributed by atoms with E-state index < -0.39 is 9.84 Å². The van der Waals surface area contributed by atoms with Gasteiger partial charge in [0, 0.05) is 12.6 Å². The number of likely N-dealkylation sites (tertiary alicyclic amines) is 1. The van der Waals surface area contributed by atoms with E-state index in [1.807, 2.05) is 35.0 Å². The van der Waals surface area contributed by atoms with Crippen molar-refractivity contribution in [2.75, 3.05) is 44.9 Å². The van der Waals surface area contributed by atoms with Gasteiger partial charge in [-0.3, -0.25) is 9.69 Å². The van der Waals surface area contributed by atoms with Crippen LogP contribution in [0.25, 0.3) is 0 Å². The number of nitrogens with zero attached hydrogens (tertiary/aromatic N) is 2. The summed E-state index contributed by atoms with van der Waals surface area (Å²) in [7, 11) is -1.10. The topological polar surface area (TPSA) is 76.2 Å². The molecule has 1 aromatic carbocycles. The number of carbonyl (C=O) groups excluding carboxylic acids is 1. The second-order valence-electron chi connectivity index (χ2n) is 7.62. The lowest BCUT2D eigenvalue weighted by molar-refractivity contribution is -0.133. The molecule has 8 heteroatoms. The second-order valence-corrected chi connectivity index (χ2v) is 9.85. The van der Waals surface area contributed by atoms with Crippen molar-refractivity contribution >= 4 is 15.7 Å². The average molecular weight is 394 g/mol. The van der Waals surface area contributed by atoms with Crippen molar-refractivity contribution in [2.24, 2.45) is 0 Å². The van der Waals surface area contributed by atoms with E-state index in [-0.39, 0.29) is 36.0 Å². The number of rotatable bonds is 4. The van der Waals surface area contributed by atoms with Crippen LogP contribution in [0.15, 0.2) is 18.2 Å². The molecule has 2 saturated heterocycles. The first kappa shape index (κ1) is 18.6. The van der Waals surface area contributed by atoms with E-state index >= 15 is 0 Å². The normalized spacial score (nSPS) is 26.5. The molecule has 0 bridgehead atoms. The molecule has 1 aromatic rings. The van der Waals surface area contributed by atoms with Crippen molar-refractivity contribution in [3.05, 3.63) is 23.8 Å². The van der Waals surface area contributed by atoms with Gasteiger partial charge in [-0.1, -0.05) is 6.07 Å². The molecule has 0 N–H and O–H groups in total. The summed E-state index contributed by atoms with van der Waals surface area (Å²) in [4.78, 5) is 16.7. The van der Waals surface area contributed by atoms with Crippen molar-refractivity contribution in [3.63, 3.8) is 0 Å². The van der Waals surface area contributed by atoms with Crippen molar-refractivity contribution in [1.82, 2.24) is 9.80 Å². The van der Waals surface area contributed by atoms with Crippen LogP contribution in [0.4, 0.5) is 0 Å². The quantitative estimate of drug-likeness (QED) is 0.765. The van der Waals surface area contributed by atoms with Crippen LogP contribution in [-0.2, 0) is 14.6 Å². The maximum Gasteiger partial charge on any atom is 0.237 e. The first-order chi connectivity index (χ1) is 12.9. The molecule has 0 aliphatic carbocycles. The molecular weight excluding hydrogens is 368 g/mol. The Morgan fingerprint density at radius 1 is 1.22 bits per heavy atom. The number of ether oxygens (including phenoxy) is 2. The van der Waals surface area contributed by atoms with Crippen molar-refractivity contribution in [1.29, 1.82) is 0 Å². The minimum Gasteiger partial charge on any atom is -0.486 e. The number of hydrogen-bond donors (Lipinski definition) is 0. The Kier molecular flexibility index (Phi) is 5.03. The fourth-order valence-electron chi connectivity index (χ4n) is 4.24. The Hall–Kier alpha value is -1.80. The molecule has 0 radical (unpaired) electrons. The van der Waals surface area contributed by atoms with Gasteiger partial charge >= 0.3 is 0 Å². The third kappa shape index (κ3) is 3.91. The van der Waals surface area contributed by atoms with Crippen LogP contribution in [0.2, 0.25) is 0 Å². The predicted molar refractivity (Wildman–Crippen MR) is 101 cm³/mol. The van der Waals surface area contributed by atoms with Crippen LogP contribution >= 0.6 is 0 Å². The standard InChI is InChI=1S/C19H26N2O5S/c1-20(15-6-10-27(23,24)13-15)12-19(22)21-7-2-3-16(21)14-4-5-17-18(11-14)26-9-8-25-17/h4-5,11,15-16H,2-3,6-10,12-13H2,1H3/t15-,16+/m1/s1. The molecule has 0 spiro atoms. The lowest BCUT2D eigenvalue weighted by Crippen LogP contribution is -2.43. The number of hydrogen-bond acceptors (Lipinski definition) is 6. The van der Waals surface area contributed by atoms with Crippen LogP contribution in [0.3, 0.4) is 0 Å². The zero-order chi connectivity index (χ0) is 19.0. The average Bonchev–Trinajstić information content (AvgIpc) is 3.27. The zero-order valence-electron chi connectivity index (χ0n) is 15.6. The Balaban J connectivity index is 1.44. The molecule has 7 nitrogen and oxygen atoms in total. The van der Waals surface area contributed by atoms with E-state index in [2.05, 4.69) is 0 Å². The number of benzene rings is 1. The Morgan fingerprint density at radius 3 is 2.74 bits per heavy atom. The van der Waals surface area contributed by atoms with Gasteiger partial charge < -0.3 is 14.4 Å². The maximum atomic E-state index is 12.9. The molecule has 0 aromatic heterocycles. The number of fused-ring (bicyclic) bond motifs is 1. The molecule has 3 aliphatic heterocycles. The molecule has 4 rings (SSSR count). The largest absolute Gasteiger partial charge is 0.486 e. The predicted octanol–water partition coefficient (Wildman–Crippen LogP) is 1.24. The summed E-state index contributed by atoms with van der Waals surface area (Å²) in [5.74, 6) is 1.93. The summed E-state index contributed by atoms with van der Waals surface area (Å²) >= 11 is 0. The van der Waals surface area contributed by atoms with Crippen LogP contribution in [0.5, 0.6) is 11.5 Å². The smallest absolute Gasteiger partial charge is 0.237 e. The SMILES string of the molecule is CN(CC(=O)N1CCC[C@H]1c1ccc2c(c1)OCCO2)[C@@H]1CCS(=O)(=O)C1. The summed E-state index contributed by atoms with van der Waals surface area (Å²) in [6.07, 6.45) is 2.50. The van der Waals surface area contributed by atoms with Gasteiger partial charge in [-0.15, -0.1) is 0 Å². The molecule has 2 fully saturated rings. The minimum absolute atomic E-state index is 0.0361. The van der Waals surface area contributed by atoms with Gasteiger partial charge in [-0.25, -0.2) is 8.42 Å². The highest BCUT2D eigenvalue weighted by atomic mass is 32.2. The van der Waals surface area contributed by atoms with Crippen molar-refractivity contribution in [2.45, 2.75) is 31.3 Å². The van der Waals surface area contributed by atoms with Gasteiger partial charge in [0.05, 0.1) is 24.1 Å². The molecule has 0 unspecified atom stereocenters. The zero-order valence-corrected chi connectivity index (χ0v) is 16.4. The molecule has 2 atom stereocenters. The molecule has 27 heavy (non-hydrogen) atoms. The number of sulfone groups is 1. The van der Waals surface area contributed by atoms with Crippen LogP contribution in [0.1, 0.15) is 30.9 Å². The van der Waals surface area contributed by atoms with E-state index in [4.69, 9.17) is 9.47 Å². The number of amides is 1. The van der Waals surface area contributed by atoms with Crippen LogP contribution < -0.4 is 9.47 Å². The monoisotopic (exact) mass is 394 g/mol. The highest BCUT2D eigenvalue weighted by Gasteiger charge is 2.35. The van der Waals surface area contributed by atoms with Gasteiger partial charge in [0.25, 0.3) is 0 Å². The number of carbonyl (C=O) groups is 1. The number of likely N-dealkylation sites (N-methyl/N-ethyl adjacent to an activating group) is 1. The lowest BCUT2D eigenvalue weighted by Gasteiger charge is -2.30. The van der Waals surface area contributed by atoms with Gasteiger partial charge in [-0.05, 0) is 44.0 Å². The third-order valence-electron chi connectivity index (χ3n) is 5.74. The second kappa shape index (κ2) is 7.31. The molecule has 3 heterocycles. The Morgan fingerprint density at radius 2 is 2.00 bits per heavy atom. The highest BCUT2D eigenvalue weighted by molar-refractivity contribution is 7.91. The summed E-state index contributed by atoms with van der Waals surface area (Å²) in [5.41, 5.74) is 1.07. The third-order valence-corrected chi connectivity index (χ3v) is 7.49. The Bertz CT molecular complexity index is 825. The van der Waals surface area contributed by atoms with Crippen LogP contribution in [-0.4, -0.2) is 75.0 Å². The van der Waals surface area contributed by atoms with E-state index in [1.165, 1.54) is 0 Å². The summed E-state index contributed by atoms with van der Waals surface area (Å²) in [6.45, 7) is 2.08. The maximum absolute atomic E-state index is 12.9. The molecule has 3 aliphatic rings. The fraction of sp³-hybridized carbons (Fsp3) is 0.632. The summed E-state index contributed by atoms with van der Waals surface area (Å²) < 4.78 is 34.7. The van der Waals surface area contributed by atoms with Crippen molar-refractivity contribution < 1.29 is 22.7 Å². The molecule has 1 amide bonds. The van der Waals surface area contributed by atoms with Crippen molar-refractivity contribution in [3.8, 4) is 11.5 Å². The molecular formula is C19H26N2O5S. The van der Waals surface area contributed by atoms with Gasteiger partial charge in [0.1, 0.15) is 13.2 Å². The van der Waals surface area contributed by atoms with Gasteiger partial charge in [0.15, 0.2) is 21.3 Å². The first-order valence-electron chi connectivity index (χ1n) is 9.53. The van der Waals surface area contributed by atoms with E-state index in [0.717, 1.165) is 36.4 Å². The van der Waals surface area contributed by atoms with E-state index in [9.17, 15) is 13.2 Å². The molecule has 0 saturated carbocycles. The molecule has 148 valence electrons. The van der Waals surface area contributed by atoms with E-state index in [0.29, 0.717) is 19.6 Å². The first-order valence-corrected chi connectivity index (χ1v) is 11.3. The van der Waals surface area contributed by atoms with Gasteiger partial charge in [0.2, 0.25) is 5.91 Å². The Labute approximate surface area is 160 Å².